The van der Waals surface area contributed by atoms with Crippen LogP contribution in [0.3, 0.4) is 0 Å². The highest BCUT2D eigenvalue weighted by Crippen LogP contribution is 2.36. The molecule has 2 N–H and O–H groups in total. The van der Waals surface area contributed by atoms with Gasteiger partial charge in [0.25, 0.3) is 0 Å². The van der Waals surface area contributed by atoms with Crippen LogP contribution in [0, 0.1) is 11.8 Å². The van der Waals surface area contributed by atoms with Gasteiger partial charge in [0.15, 0.2) is 0 Å². The Kier molecular flexibility index (Phi) is 4.60. The lowest BCUT2D eigenvalue weighted by atomic mass is 9.76. The predicted molar refractivity (Wildman–Crippen MR) is 98.2 cm³/mol. The summed E-state index contributed by atoms with van der Waals surface area (Å²) in [6.45, 7) is 2.31. The molecule has 4 unspecified atom stereocenters. The van der Waals surface area contributed by atoms with Gasteiger partial charge in [0, 0.05) is 17.7 Å². The molecule has 4 atom stereocenters. The standard InChI is InChI=1S/C21H27N3O/c1-14-9-17(15-5-3-2-4-6-15)12-19(10-14)23-21(25)16-7-8-20-18(11-16)13-22-24-20/h2-6,13-14,16-17,19H,7-12H2,1H3,(H,22,24)(H,23,25). The van der Waals surface area contributed by atoms with E-state index in [9.17, 15) is 4.79 Å². The van der Waals surface area contributed by atoms with E-state index in [2.05, 4.69) is 52.8 Å². The first-order valence-corrected chi connectivity index (χ1v) is 9.55. The predicted octanol–water partition coefficient (Wildman–Crippen LogP) is 3.60. The van der Waals surface area contributed by atoms with Crippen molar-refractivity contribution in [2.24, 2.45) is 11.8 Å². The third kappa shape index (κ3) is 3.63. The van der Waals surface area contributed by atoms with Gasteiger partial charge in [0.05, 0.1) is 6.20 Å². The topological polar surface area (TPSA) is 57.8 Å². The highest BCUT2D eigenvalue weighted by molar-refractivity contribution is 5.79. The molecule has 4 heteroatoms. The van der Waals surface area contributed by atoms with Crippen molar-refractivity contribution >= 4 is 5.91 Å². The average molecular weight is 337 g/mol. The van der Waals surface area contributed by atoms with Crippen molar-refractivity contribution in [1.82, 2.24) is 15.5 Å². The molecule has 132 valence electrons. The van der Waals surface area contributed by atoms with Gasteiger partial charge < -0.3 is 5.32 Å². The molecular weight excluding hydrogens is 310 g/mol. The summed E-state index contributed by atoms with van der Waals surface area (Å²) in [4.78, 5) is 12.8. The van der Waals surface area contributed by atoms with Crippen LogP contribution in [0.2, 0.25) is 0 Å². The Balaban J connectivity index is 1.39. The van der Waals surface area contributed by atoms with Gasteiger partial charge in [0.1, 0.15) is 0 Å². The van der Waals surface area contributed by atoms with Crippen molar-refractivity contribution in [1.29, 1.82) is 0 Å². The normalized spacial score (nSPS) is 29.0. The van der Waals surface area contributed by atoms with Crippen LogP contribution in [0.15, 0.2) is 36.5 Å². The second-order valence-electron chi connectivity index (χ2n) is 7.94. The Labute approximate surface area is 149 Å². The number of aryl methyl sites for hydroxylation is 1. The van der Waals surface area contributed by atoms with Gasteiger partial charge in [-0.05, 0) is 61.5 Å². The SMILES string of the molecule is CC1CC(NC(=O)C2CCc3[nH]ncc3C2)CC(c2ccccc2)C1. The highest BCUT2D eigenvalue weighted by atomic mass is 16.1. The largest absolute Gasteiger partial charge is 0.353 e. The number of nitrogens with zero attached hydrogens (tertiary/aromatic N) is 1. The maximum Gasteiger partial charge on any atom is 0.223 e. The number of H-pyrrole nitrogens is 1. The Bertz CT molecular complexity index is 724. The van der Waals surface area contributed by atoms with Crippen LogP contribution in [-0.2, 0) is 17.6 Å². The van der Waals surface area contributed by atoms with Gasteiger partial charge in [0.2, 0.25) is 5.91 Å². The molecule has 0 spiro atoms. The first-order chi connectivity index (χ1) is 12.2. The van der Waals surface area contributed by atoms with Crippen molar-refractivity contribution in [3.63, 3.8) is 0 Å². The number of carbonyl (C=O) groups is 1. The summed E-state index contributed by atoms with van der Waals surface area (Å²) >= 11 is 0. The van der Waals surface area contributed by atoms with E-state index in [0.29, 0.717) is 17.9 Å². The van der Waals surface area contributed by atoms with Crippen LogP contribution in [0.4, 0.5) is 0 Å². The first-order valence-electron chi connectivity index (χ1n) is 9.55. The number of carbonyl (C=O) groups excluding carboxylic acids is 1. The molecule has 1 heterocycles. The lowest BCUT2D eigenvalue weighted by Crippen LogP contribution is -2.43. The Morgan fingerprint density at radius 1 is 1.20 bits per heavy atom. The molecule has 4 rings (SSSR count). The molecule has 1 aromatic carbocycles. The number of amides is 1. The van der Waals surface area contributed by atoms with Crippen LogP contribution in [0.5, 0.6) is 0 Å². The maximum absolute atomic E-state index is 12.8. The number of benzene rings is 1. The number of hydrogen-bond donors (Lipinski definition) is 2. The minimum absolute atomic E-state index is 0.0949. The molecule has 1 aromatic heterocycles. The van der Waals surface area contributed by atoms with Crippen LogP contribution in [0.25, 0.3) is 0 Å². The fourth-order valence-electron chi connectivity index (χ4n) is 4.68. The van der Waals surface area contributed by atoms with Gasteiger partial charge in [-0.1, -0.05) is 37.3 Å². The summed E-state index contributed by atoms with van der Waals surface area (Å²) < 4.78 is 0. The summed E-state index contributed by atoms with van der Waals surface area (Å²) in [6.07, 6.45) is 7.93. The average Bonchev–Trinajstić information content (AvgIpc) is 3.09. The van der Waals surface area contributed by atoms with E-state index in [4.69, 9.17) is 0 Å². The smallest absolute Gasteiger partial charge is 0.223 e. The van der Waals surface area contributed by atoms with Crippen molar-refractivity contribution in [2.75, 3.05) is 0 Å². The van der Waals surface area contributed by atoms with Crippen LogP contribution < -0.4 is 5.32 Å². The number of hydrogen-bond acceptors (Lipinski definition) is 2. The van der Waals surface area contributed by atoms with E-state index in [1.165, 1.54) is 23.2 Å². The molecule has 1 fully saturated rings. The van der Waals surface area contributed by atoms with Crippen LogP contribution in [0.1, 0.15) is 55.3 Å². The number of aromatic amines is 1. The van der Waals surface area contributed by atoms with Crippen molar-refractivity contribution in [3.8, 4) is 0 Å². The molecule has 0 aliphatic heterocycles. The highest BCUT2D eigenvalue weighted by Gasteiger charge is 2.31. The summed E-state index contributed by atoms with van der Waals surface area (Å²) in [7, 11) is 0. The third-order valence-corrected chi connectivity index (χ3v) is 5.95. The monoisotopic (exact) mass is 337 g/mol. The van der Waals surface area contributed by atoms with E-state index in [1.54, 1.807) is 0 Å². The molecule has 2 aromatic rings. The zero-order valence-corrected chi connectivity index (χ0v) is 14.9. The number of rotatable bonds is 3. The van der Waals surface area contributed by atoms with E-state index in [0.717, 1.165) is 32.1 Å². The molecule has 25 heavy (non-hydrogen) atoms. The Morgan fingerprint density at radius 2 is 2.04 bits per heavy atom. The fourth-order valence-corrected chi connectivity index (χ4v) is 4.68. The van der Waals surface area contributed by atoms with Crippen molar-refractivity contribution in [3.05, 3.63) is 53.3 Å². The quantitative estimate of drug-likeness (QED) is 0.899. The van der Waals surface area contributed by atoms with E-state index >= 15 is 0 Å². The van der Waals surface area contributed by atoms with Gasteiger partial charge in [-0.25, -0.2) is 0 Å². The van der Waals surface area contributed by atoms with E-state index in [1.807, 2.05) is 6.20 Å². The second-order valence-corrected chi connectivity index (χ2v) is 7.94. The van der Waals surface area contributed by atoms with E-state index in [-0.39, 0.29) is 11.8 Å². The maximum atomic E-state index is 12.8. The molecule has 1 amide bonds. The summed E-state index contributed by atoms with van der Waals surface area (Å²) in [5, 5.41) is 10.5. The molecule has 2 aliphatic rings. The lowest BCUT2D eigenvalue weighted by Gasteiger charge is -2.35. The fraction of sp³-hybridized carbons (Fsp3) is 0.524. The second kappa shape index (κ2) is 7.03. The van der Waals surface area contributed by atoms with Gasteiger partial charge in [-0.3, -0.25) is 9.89 Å². The molecule has 0 saturated heterocycles. The minimum atomic E-state index is 0.0949. The Hall–Kier alpha value is -2.10. The molecular formula is C21H27N3O. The zero-order chi connectivity index (χ0) is 17.2. The number of nitrogens with one attached hydrogen (secondary N) is 2. The summed E-state index contributed by atoms with van der Waals surface area (Å²) in [6, 6.07) is 11.1. The molecule has 2 aliphatic carbocycles. The third-order valence-electron chi connectivity index (χ3n) is 5.95. The van der Waals surface area contributed by atoms with Crippen LogP contribution in [-0.4, -0.2) is 22.1 Å². The van der Waals surface area contributed by atoms with Crippen LogP contribution >= 0.6 is 0 Å². The Morgan fingerprint density at radius 3 is 2.88 bits per heavy atom. The number of aromatic nitrogens is 2. The molecule has 4 nitrogen and oxygen atoms in total. The summed E-state index contributed by atoms with van der Waals surface area (Å²) in [5.74, 6) is 1.54. The van der Waals surface area contributed by atoms with Gasteiger partial charge in [-0.2, -0.15) is 5.10 Å². The number of fused-ring (bicyclic) bond motifs is 1. The summed E-state index contributed by atoms with van der Waals surface area (Å²) in [5.41, 5.74) is 3.83. The molecule has 0 bridgehead atoms. The molecule has 1 saturated carbocycles. The lowest BCUT2D eigenvalue weighted by molar-refractivity contribution is -0.126. The van der Waals surface area contributed by atoms with Crippen molar-refractivity contribution in [2.45, 2.75) is 57.4 Å². The van der Waals surface area contributed by atoms with Gasteiger partial charge >= 0.3 is 0 Å². The van der Waals surface area contributed by atoms with E-state index < -0.39 is 0 Å². The van der Waals surface area contributed by atoms with Crippen molar-refractivity contribution < 1.29 is 4.79 Å². The zero-order valence-electron chi connectivity index (χ0n) is 14.9. The minimum Gasteiger partial charge on any atom is -0.353 e. The first kappa shape index (κ1) is 16.4. The van der Waals surface area contributed by atoms with Gasteiger partial charge in [-0.15, -0.1) is 0 Å². The molecule has 0 radical (unpaired) electrons.